The van der Waals surface area contributed by atoms with Crippen LogP contribution in [0.2, 0.25) is 0 Å². The first-order valence-corrected chi connectivity index (χ1v) is 4.64. The Bertz CT molecular complexity index is 449. The maximum Gasteiger partial charge on any atom is 0.447 e. The second-order valence-electron chi connectivity index (χ2n) is 3.67. The summed E-state index contributed by atoms with van der Waals surface area (Å²) in [5.41, 5.74) is 0. The minimum Gasteiger partial charge on any atom is -0.452 e. The van der Waals surface area contributed by atoms with Crippen LogP contribution in [0.5, 0.6) is 0 Å². The minimum atomic E-state index is -6.37. The van der Waals surface area contributed by atoms with Crippen LogP contribution in [-0.4, -0.2) is 42.6 Å². The van der Waals surface area contributed by atoms with E-state index in [1.54, 1.807) is 0 Å². The standard InChI is InChI=1S/C7HF12NO2/c8-3(9,10)1(4(11,12)13)21-2-5(14,15)22-7(18,19)6(16,17)20-2/h1H. The molecule has 0 fully saturated rings. The quantitative estimate of drug-likeness (QED) is 0.528. The molecule has 22 heavy (non-hydrogen) atoms. The van der Waals surface area contributed by atoms with Crippen LogP contribution < -0.4 is 0 Å². The van der Waals surface area contributed by atoms with Gasteiger partial charge in [-0.25, -0.2) is 4.74 Å². The van der Waals surface area contributed by atoms with Gasteiger partial charge in [0.1, 0.15) is 0 Å². The first kappa shape index (κ1) is 18.6. The zero-order valence-electron chi connectivity index (χ0n) is 9.38. The fourth-order valence-electron chi connectivity index (χ4n) is 1.05. The molecule has 0 amide bonds. The first-order chi connectivity index (χ1) is 9.40. The summed E-state index contributed by atoms with van der Waals surface area (Å²) in [5, 5.41) is 0. The third-order valence-electron chi connectivity index (χ3n) is 1.92. The van der Waals surface area contributed by atoms with E-state index in [9.17, 15) is 52.7 Å². The molecule has 1 rings (SSSR count). The van der Waals surface area contributed by atoms with E-state index in [2.05, 4.69) is 9.47 Å². The van der Waals surface area contributed by atoms with Gasteiger partial charge in [0, 0.05) is 0 Å². The van der Waals surface area contributed by atoms with Crippen molar-refractivity contribution in [2.24, 2.45) is 4.99 Å². The first-order valence-electron chi connectivity index (χ1n) is 4.64. The highest BCUT2D eigenvalue weighted by atomic mass is 19.4. The second-order valence-corrected chi connectivity index (χ2v) is 3.67. The summed E-state index contributed by atoms with van der Waals surface area (Å²) in [6.45, 7) is 0. The van der Waals surface area contributed by atoms with Gasteiger partial charge in [-0.05, 0) is 0 Å². The summed E-state index contributed by atoms with van der Waals surface area (Å²) < 4.78 is 153. The fraction of sp³-hybridized carbons (Fsp3) is 0.857. The number of nitrogens with zero attached hydrogens (tertiary/aromatic N) is 1. The monoisotopic (exact) mass is 359 g/mol. The number of hydrogen-bond donors (Lipinski definition) is 0. The molecule has 1 aliphatic rings. The number of ether oxygens (including phenoxy) is 2. The van der Waals surface area contributed by atoms with Gasteiger partial charge in [0.05, 0.1) is 0 Å². The van der Waals surface area contributed by atoms with E-state index in [0.29, 0.717) is 0 Å². The molecule has 0 saturated carbocycles. The molecular formula is C7HF12NO2. The van der Waals surface area contributed by atoms with Crippen molar-refractivity contribution in [1.29, 1.82) is 0 Å². The molecule has 0 radical (unpaired) electrons. The van der Waals surface area contributed by atoms with Crippen LogP contribution in [0.4, 0.5) is 52.7 Å². The number of aliphatic imine (C=N–C) groups is 1. The lowest BCUT2D eigenvalue weighted by molar-refractivity contribution is -0.425. The van der Waals surface area contributed by atoms with Crippen LogP contribution in [0, 0.1) is 0 Å². The van der Waals surface area contributed by atoms with Gasteiger partial charge < -0.3 is 4.74 Å². The van der Waals surface area contributed by atoms with Crippen molar-refractivity contribution in [2.75, 3.05) is 0 Å². The average Bonchev–Trinajstić information content (AvgIpc) is 2.16. The van der Waals surface area contributed by atoms with E-state index >= 15 is 0 Å². The van der Waals surface area contributed by atoms with Crippen molar-refractivity contribution in [2.45, 2.75) is 36.7 Å². The molecule has 1 aliphatic heterocycles. The van der Waals surface area contributed by atoms with E-state index in [1.165, 1.54) is 0 Å². The van der Waals surface area contributed by atoms with Crippen molar-refractivity contribution < 1.29 is 62.2 Å². The van der Waals surface area contributed by atoms with Crippen LogP contribution >= 0.6 is 0 Å². The normalized spacial score (nSPS) is 24.1. The molecule has 0 N–H and O–H groups in total. The maximum atomic E-state index is 12.8. The molecule has 0 saturated heterocycles. The van der Waals surface area contributed by atoms with Gasteiger partial charge in [-0.2, -0.15) is 57.7 Å². The summed E-state index contributed by atoms with van der Waals surface area (Å²) >= 11 is 0. The molecule has 0 spiro atoms. The molecule has 0 aromatic heterocycles. The molecule has 0 aliphatic carbocycles. The molecule has 0 aromatic rings. The highest BCUT2D eigenvalue weighted by molar-refractivity contribution is 5.83. The molecule has 0 unspecified atom stereocenters. The largest absolute Gasteiger partial charge is 0.452 e. The highest BCUT2D eigenvalue weighted by Crippen LogP contribution is 2.46. The third-order valence-corrected chi connectivity index (χ3v) is 1.92. The Morgan fingerprint density at radius 3 is 1.64 bits per heavy atom. The summed E-state index contributed by atoms with van der Waals surface area (Å²) in [5.74, 6) is -3.29. The van der Waals surface area contributed by atoms with Crippen molar-refractivity contribution in [3.63, 3.8) is 0 Å². The molecule has 1 heterocycles. The van der Waals surface area contributed by atoms with E-state index in [4.69, 9.17) is 0 Å². The van der Waals surface area contributed by atoms with Crippen molar-refractivity contribution in [1.82, 2.24) is 0 Å². The molecule has 0 atom stereocenters. The summed E-state index contributed by atoms with van der Waals surface area (Å²) in [6.07, 6.45) is -29.5. The van der Waals surface area contributed by atoms with E-state index in [-0.39, 0.29) is 0 Å². The Hall–Kier alpha value is -1.41. The predicted octanol–water partition coefficient (Wildman–Crippen LogP) is 3.70. The molecule has 0 bridgehead atoms. The molecule has 0 aromatic carbocycles. The summed E-state index contributed by atoms with van der Waals surface area (Å²) in [7, 11) is 0. The smallest absolute Gasteiger partial charge is 0.447 e. The lowest BCUT2D eigenvalue weighted by atomic mass is 10.3. The van der Waals surface area contributed by atoms with Crippen LogP contribution in [0.25, 0.3) is 0 Å². The molecule has 130 valence electrons. The Balaban J connectivity index is 3.27. The number of hydrogen-bond acceptors (Lipinski definition) is 3. The van der Waals surface area contributed by atoms with Crippen molar-refractivity contribution >= 4 is 5.90 Å². The molecular weight excluding hydrogens is 358 g/mol. The third kappa shape index (κ3) is 3.49. The molecule has 3 nitrogen and oxygen atoms in total. The summed E-state index contributed by atoms with van der Waals surface area (Å²) in [6, 6.07) is -5.87. The molecule has 15 heteroatoms. The van der Waals surface area contributed by atoms with Crippen molar-refractivity contribution in [3.05, 3.63) is 0 Å². The van der Waals surface area contributed by atoms with Gasteiger partial charge >= 0.3 is 30.6 Å². The lowest BCUT2D eigenvalue weighted by Crippen LogP contribution is -2.57. The maximum absolute atomic E-state index is 12.8. The lowest BCUT2D eigenvalue weighted by Gasteiger charge is -2.34. The number of rotatable bonds is 1. The minimum absolute atomic E-state index is 1.12. The number of halogens is 12. The Kier molecular flexibility index (Phi) is 4.06. The SMILES string of the molecule is FC1(F)OC(F)(F)C(F)(F)N=C1OC(C(F)(F)F)C(F)(F)F. The van der Waals surface area contributed by atoms with E-state index in [0.717, 1.165) is 4.99 Å². The van der Waals surface area contributed by atoms with E-state index in [1.807, 2.05) is 0 Å². The van der Waals surface area contributed by atoms with Crippen molar-refractivity contribution in [3.8, 4) is 0 Å². The topological polar surface area (TPSA) is 30.8 Å². The predicted molar refractivity (Wildman–Crippen MR) is 40.3 cm³/mol. The highest BCUT2D eigenvalue weighted by Gasteiger charge is 2.71. The second kappa shape index (κ2) is 4.79. The van der Waals surface area contributed by atoms with E-state index < -0.39 is 42.6 Å². The van der Waals surface area contributed by atoms with Gasteiger partial charge in [0.15, 0.2) is 0 Å². The fourth-order valence-corrected chi connectivity index (χ4v) is 1.05. The van der Waals surface area contributed by atoms with Gasteiger partial charge in [0.2, 0.25) is 0 Å². The average molecular weight is 359 g/mol. The van der Waals surface area contributed by atoms with Gasteiger partial charge in [-0.1, -0.05) is 0 Å². The van der Waals surface area contributed by atoms with Crippen LogP contribution in [0.1, 0.15) is 0 Å². The Morgan fingerprint density at radius 1 is 0.864 bits per heavy atom. The van der Waals surface area contributed by atoms with Crippen LogP contribution in [0.15, 0.2) is 4.99 Å². The van der Waals surface area contributed by atoms with Crippen LogP contribution in [-0.2, 0) is 9.47 Å². The Labute approximate surface area is 111 Å². The van der Waals surface area contributed by atoms with Gasteiger partial charge in [0.25, 0.3) is 12.0 Å². The zero-order valence-corrected chi connectivity index (χ0v) is 9.38. The summed E-state index contributed by atoms with van der Waals surface area (Å²) in [4.78, 5) is 1.12. The van der Waals surface area contributed by atoms with Gasteiger partial charge in [-0.3, -0.25) is 0 Å². The zero-order chi connectivity index (χ0) is 17.8. The number of alkyl halides is 12. The Morgan fingerprint density at radius 2 is 1.27 bits per heavy atom. The van der Waals surface area contributed by atoms with Crippen LogP contribution in [0.3, 0.4) is 0 Å². The van der Waals surface area contributed by atoms with Gasteiger partial charge in [-0.15, -0.1) is 0 Å².